The number of carbonyl (C=O) groups excluding carboxylic acids is 1. The molecule has 0 bridgehead atoms. The lowest BCUT2D eigenvalue weighted by atomic mass is 10.2. The third kappa shape index (κ3) is 4.54. The molecule has 0 aromatic heterocycles. The summed E-state index contributed by atoms with van der Waals surface area (Å²) in [5.74, 6) is -0.228. The highest BCUT2D eigenvalue weighted by molar-refractivity contribution is 9.10. The molecule has 21 heavy (non-hydrogen) atoms. The van der Waals surface area contributed by atoms with Crippen molar-refractivity contribution in [3.8, 4) is 5.75 Å². The topological polar surface area (TPSA) is 64.3 Å². The zero-order chi connectivity index (χ0) is 15.2. The Labute approximate surface area is 130 Å². The highest BCUT2D eigenvalue weighted by Gasteiger charge is 2.07. The summed E-state index contributed by atoms with van der Waals surface area (Å²) in [5, 5.41) is 2.56. The number of carbonyl (C=O) groups is 1. The zero-order valence-corrected chi connectivity index (χ0v) is 12.7. The second-order valence-electron chi connectivity index (χ2n) is 4.30. The molecule has 6 heteroatoms. The summed E-state index contributed by atoms with van der Waals surface area (Å²) >= 11 is 3.34. The molecule has 0 saturated carbocycles. The van der Waals surface area contributed by atoms with Crippen LogP contribution in [0.4, 0.5) is 10.1 Å². The van der Waals surface area contributed by atoms with Crippen molar-refractivity contribution < 1.29 is 13.9 Å². The van der Waals surface area contributed by atoms with Gasteiger partial charge in [0.25, 0.3) is 5.91 Å². The molecule has 0 saturated heterocycles. The average Bonchev–Trinajstić information content (AvgIpc) is 2.45. The minimum Gasteiger partial charge on any atom is -0.483 e. The van der Waals surface area contributed by atoms with Crippen LogP contribution >= 0.6 is 15.9 Å². The van der Waals surface area contributed by atoms with Gasteiger partial charge in [-0.3, -0.25) is 4.79 Å². The van der Waals surface area contributed by atoms with Crippen LogP contribution in [0.2, 0.25) is 0 Å². The fourth-order valence-electron chi connectivity index (χ4n) is 1.75. The van der Waals surface area contributed by atoms with Crippen LogP contribution in [-0.2, 0) is 11.3 Å². The number of benzene rings is 2. The minimum atomic E-state index is -0.410. The lowest BCUT2D eigenvalue weighted by molar-refractivity contribution is -0.118. The highest BCUT2D eigenvalue weighted by atomic mass is 79.9. The average molecular weight is 353 g/mol. The molecule has 0 fully saturated rings. The van der Waals surface area contributed by atoms with E-state index in [-0.39, 0.29) is 12.5 Å². The quantitative estimate of drug-likeness (QED) is 0.868. The first kappa shape index (κ1) is 15.5. The van der Waals surface area contributed by atoms with Gasteiger partial charge < -0.3 is 15.8 Å². The largest absolute Gasteiger partial charge is 0.483 e. The van der Waals surface area contributed by atoms with Crippen molar-refractivity contribution in [2.45, 2.75) is 6.54 Å². The Hall–Kier alpha value is -1.92. The lowest BCUT2D eigenvalue weighted by Crippen LogP contribution is -2.20. The van der Waals surface area contributed by atoms with Gasteiger partial charge in [0.2, 0.25) is 0 Å². The number of hydrogen-bond donors (Lipinski definition) is 2. The van der Waals surface area contributed by atoms with Gasteiger partial charge in [0.1, 0.15) is 11.6 Å². The Bertz CT molecular complexity index is 649. The van der Waals surface area contributed by atoms with Crippen LogP contribution in [0.1, 0.15) is 5.56 Å². The molecule has 0 radical (unpaired) electrons. The van der Waals surface area contributed by atoms with Gasteiger partial charge >= 0.3 is 0 Å². The van der Waals surface area contributed by atoms with Crippen molar-refractivity contribution in [1.82, 2.24) is 0 Å². The number of nitrogens with one attached hydrogen (secondary N) is 1. The molecular weight excluding hydrogens is 339 g/mol. The van der Waals surface area contributed by atoms with Crippen molar-refractivity contribution in [3.05, 3.63) is 58.3 Å². The van der Waals surface area contributed by atoms with Gasteiger partial charge in [-0.25, -0.2) is 4.39 Å². The lowest BCUT2D eigenvalue weighted by Gasteiger charge is -2.11. The van der Waals surface area contributed by atoms with E-state index in [1.54, 1.807) is 18.2 Å². The molecule has 2 rings (SSSR count). The van der Waals surface area contributed by atoms with Crippen molar-refractivity contribution in [1.29, 1.82) is 0 Å². The predicted octanol–water partition coefficient (Wildman–Crippen LogP) is 3.06. The van der Waals surface area contributed by atoms with Crippen LogP contribution in [0.25, 0.3) is 0 Å². The molecule has 0 heterocycles. The monoisotopic (exact) mass is 352 g/mol. The molecule has 0 aliphatic carbocycles. The van der Waals surface area contributed by atoms with Crippen LogP contribution in [0.5, 0.6) is 5.75 Å². The molecule has 0 aliphatic heterocycles. The number of anilines is 1. The second kappa shape index (κ2) is 7.19. The number of amides is 1. The molecule has 110 valence electrons. The van der Waals surface area contributed by atoms with Gasteiger partial charge in [-0.05, 0) is 36.4 Å². The maximum absolute atomic E-state index is 13.0. The van der Waals surface area contributed by atoms with E-state index < -0.39 is 5.82 Å². The third-order valence-electron chi connectivity index (χ3n) is 2.71. The normalized spacial score (nSPS) is 10.2. The molecule has 2 aromatic rings. The van der Waals surface area contributed by atoms with Gasteiger partial charge in [-0.2, -0.15) is 0 Å². The highest BCUT2D eigenvalue weighted by Crippen LogP contribution is 2.22. The minimum absolute atomic E-state index is 0.175. The SMILES string of the molecule is NCc1cc(Br)ccc1OCC(=O)Nc1cccc(F)c1. The Balaban J connectivity index is 1.95. The van der Waals surface area contributed by atoms with Crippen molar-refractivity contribution in [2.24, 2.45) is 5.73 Å². The zero-order valence-electron chi connectivity index (χ0n) is 11.1. The van der Waals surface area contributed by atoms with E-state index in [0.717, 1.165) is 10.0 Å². The smallest absolute Gasteiger partial charge is 0.262 e. The van der Waals surface area contributed by atoms with Crippen LogP contribution < -0.4 is 15.8 Å². The van der Waals surface area contributed by atoms with Crippen LogP contribution in [0.3, 0.4) is 0 Å². The van der Waals surface area contributed by atoms with E-state index in [4.69, 9.17) is 10.5 Å². The molecule has 0 aliphatic rings. The Morgan fingerprint density at radius 3 is 2.81 bits per heavy atom. The molecule has 0 unspecified atom stereocenters. The first-order valence-electron chi connectivity index (χ1n) is 6.25. The molecule has 2 aromatic carbocycles. The van der Waals surface area contributed by atoms with Gasteiger partial charge in [-0.1, -0.05) is 22.0 Å². The van der Waals surface area contributed by atoms with Gasteiger partial charge in [0, 0.05) is 22.3 Å². The number of nitrogens with two attached hydrogens (primary N) is 1. The van der Waals surface area contributed by atoms with E-state index in [0.29, 0.717) is 18.0 Å². The van der Waals surface area contributed by atoms with Gasteiger partial charge in [-0.15, -0.1) is 0 Å². The van der Waals surface area contributed by atoms with Crippen LogP contribution in [0, 0.1) is 5.82 Å². The Morgan fingerprint density at radius 2 is 2.10 bits per heavy atom. The van der Waals surface area contributed by atoms with E-state index in [1.807, 2.05) is 6.07 Å². The fourth-order valence-corrected chi connectivity index (χ4v) is 2.16. The number of rotatable bonds is 5. The molecule has 1 amide bonds. The third-order valence-corrected chi connectivity index (χ3v) is 3.20. The summed E-state index contributed by atoms with van der Waals surface area (Å²) in [4.78, 5) is 11.8. The van der Waals surface area contributed by atoms with E-state index in [2.05, 4.69) is 21.2 Å². The van der Waals surface area contributed by atoms with Crippen LogP contribution in [-0.4, -0.2) is 12.5 Å². The first-order valence-corrected chi connectivity index (χ1v) is 7.04. The molecule has 0 atom stereocenters. The van der Waals surface area contributed by atoms with E-state index in [1.165, 1.54) is 18.2 Å². The maximum atomic E-state index is 13.0. The molecule has 3 N–H and O–H groups in total. The van der Waals surface area contributed by atoms with Crippen molar-refractivity contribution in [3.63, 3.8) is 0 Å². The standard InChI is InChI=1S/C15H14BrFN2O2/c16-11-4-5-14(10(6-11)8-18)21-9-15(20)19-13-3-1-2-12(17)7-13/h1-7H,8-9,18H2,(H,19,20). The molecular formula is C15H14BrFN2O2. The van der Waals surface area contributed by atoms with Gasteiger partial charge in [0.05, 0.1) is 0 Å². The predicted molar refractivity (Wildman–Crippen MR) is 82.6 cm³/mol. The summed E-state index contributed by atoms with van der Waals surface area (Å²) in [7, 11) is 0. The van der Waals surface area contributed by atoms with E-state index in [9.17, 15) is 9.18 Å². The van der Waals surface area contributed by atoms with Crippen molar-refractivity contribution >= 4 is 27.5 Å². The summed E-state index contributed by atoms with van der Waals surface area (Å²) < 4.78 is 19.3. The Kier molecular flexibility index (Phi) is 5.30. The summed E-state index contributed by atoms with van der Waals surface area (Å²) in [5.41, 5.74) is 6.80. The maximum Gasteiger partial charge on any atom is 0.262 e. The molecule has 0 spiro atoms. The fraction of sp³-hybridized carbons (Fsp3) is 0.133. The number of hydrogen-bond acceptors (Lipinski definition) is 3. The summed E-state index contributed by atoms with van der Waals surface area (Å²) in [6.45, 7) is 0.130. The van der Waals surface area contributed by atoms with Crippen molar-refractivity contribution in [2.75, 3.05) is 11.9 Å². The second-order valence-corrected chi connectivity index (χ2v) is 5.22. The number of ether oxygens (including phenoxy) is 1. The van der Waals surface area contributed by atoms with Crippen LogP contribution in [0.15, 0.2) is 46.9 Å². The number of halogens is 2. The summed E-state index contributed by atoms with van der Waals surface area (Å²) in [6, 6.07) is 11.0. The first-order chi connectivity index (χ1) is 10.1. The van der Waals surface area contributed by atoms with Gasteiger partial charge in [0.15, 0.2) is 6.61 Å². The Morgan fingerprint density at radius 1 is 1.29 bits per heavy atom. The summed E-state index contributed by atoms with van der Waals surface area (Å²) in [6.07, 6.45) is 0. The molecule has 4 nitrogen and oxygen atoms in total. The van der Waals surface area contributed by atoms with E-state index >= 15 is 0 Å².